The average Bonchev–Trinajstić information content (AvgIpc) is 3.27. The molecule has 5 rings (SSSR count). The third-order valence-corrected chi connectivity index (χ3v) is 5.54. The van der Waals surface area contributed by atoms with E-state index >= 15 is 0 Å². The molecule has 0 bridgehead atoms. The Morgan fingerprint density at radius 3 is 1.31 bits per heavy atom. The van der Waals surface area contributed by atoms with E-state index in [0.29, 0.717) is 0 Å². The second kappa shape index (κ2) is 16.7. The van der Waals surface area contributed by atoms with E-state index in [4.69, 9.17) is 0 Å². The Kier molecular flexibility index (Phi) is 17.4. The second-order valence-corrected chi connectivity index (χ2v) is 8.15. The minimum Gasteiger partial charge on any atom is -1.00 e. The number of fused-ring (bicyclic) bond motifs is 2. The molecular weight excluding hydrogens is 510 g/mol. The Bertz CT molecular complexity index is 933. The van der Waals surface area contributed by atoms with Crippen LogP contribution < -0.4 is 24.8 Å². The number of benzene rings is 2. The first-order valence-corrected chi connectivity index (χ1v) is 10.6. The van der Waals surface area contributed by atoms with Crippen LogP contribution in [0.25, 0.3) is 21.5 Å². The summed E-state index contributed by atoms with van der Waals surface area (Å²) in [6.07, 6.45) is 9.50. The third kappa shape index (κ3) is 9.55. The van der Waals surface area contributed by atoms with Gasteiger partial charge in [0.15, 0.2) is 0 Å². The van der Waals surface area contributed by atoms with Crippen LogP contribution in [0.4, 0.5) is 0 Å². The van der Waals surface area contributed by atoms with Crippen molar-refractivity contribution in [1.29, 1.82) is 0 Å². The Labute approximate surface area is 227 Å². The molecule has 1 aliphatic rings. The average molecular weight is 547 g/mol. The van der Waals surface area contributed by atoms with Crippen molar-refractivity contribution in [3.05, 3.63) is 96.8 Å². The zero-order chi connectivity index (χ0) is 19.9. The number of hydrogen-bond donors (Lipinski definition) is 0. The summed E-state index contributed by atoms with van der Waals surface area (Å²) in [5, 5.41) is 5.51. The molecule has 4 aromatic carbocycles. The van der Waals surface area contributed by atoms with Crippen molar-refractivity contribution in [2.45, 2.75) is 59.8 Å². The van der Waals surface area contributed by atoms with Crippen molar-refractivity contribution >= 4 is 21.5 Å². The minimum absolute atomic E-state index is 0. The van der Waals surface area contributed by atoms with Crippen molar-refractivity contribution in [2.75, 3.05) is 0 Å². The molecule has 32 heavy (non-hydrogen) atoms. The predicted octanol–water partition coefficient (Wildman–Crippen LogP) is 2.96. The van der Waals surface area contributed by atoms with Crippen LogP contribution in [0.5, 0.6) is 0 Å². The Hall–Kier alpha value is -0.877. The third-order valence-electron chi connectivity index (χ3n) is 5.54. The standard InChI is InChI=1S/2C11H11.C6H11.CH3.2ClH.Zr/c2*1-8-6-10-5-3-4-9(2)11(10)7-8;1-2-4-6-5-3-1;;;;/h2*3-7H,1-2H3;1H,2-6H2;1H3;2*1H;/q4*-1;;;+2/p-2. The fourth-order valence-electron chi connectivity index (χ4n) is 3.98. The Balaban J connectivity index is 0. The number of rotatable bonds is 0. The van der Waals surface area contributed by atoms with Gasteiger partial charge in [0.25, 0.3) is 0 Å². The van der Waals surface area contributed by atoms with E-state index in [1.54, 1.807) is 0 Å². The molecule has 0 amide bonds. The SMILES string of the molecule is Cc1cc2c(C)cccc2[cH-]1.Cc1cc2c(C)cccc2[cH-]1.[CH-]1CCCCC1.[CH3-].[Cl-].[Cl-].[Zr+2]. The van der Waals surface area contributed by atoms with E-state index in [9.17, 15) is 0 Å². The van der Waals surface area contributed by atoms with Gasteiger partial charge in [-0.05, 0) is 13.8 Å². The van der Waals surface area contributed by atoms with Gasteiger partial charge in [0.1, 0.15) is 0 Å². The molecule has 4 aromatic rings. The molecule has 3 heteroatoms. The van der Waals surface area contributed by atoms with Gasteiger partial charge in [-0.15, -0.1) is 69.1 Å². The molecule has 0 nitrogen and oxygen atoms in total. The molecule has 1 fully saturated rings. The van der Waals surface area contributed by atoms with E-state index in [2.05, 4.69) is 94.8 Å². The zero-order valence-electron chi connectivity index (χ0n) is 20.1. The second-order valence-electron chi connectivity index (χ2n) is 8.15. The van der Waals surface area contributed by atoms with E-state index < -0.39 is 0 Å². The summed E-state index contributed by atoms with van der Waals surface area (Å²) < 4.78 is 0. The first-order valence-electron chi connectivity index (χ1n) is 10.6. The van der Waals surface area contributed by atoms with Gasteiger partial charge in [0.2, 0.25) is 0 Å². The molecule has 0 aromatic heterocycles. The molecule has 0 unspecified atom stereocenters. The summed E-state index contributed by atoms with van der Waals surface area (Å²) in [6.45, 7) is 8.59. The summed E-state index contributed by atoms with van der Waals surface area (Å²) in [4.78, 5) is 0. The van der Waals surface area contributed by atoms with Crippen LogP contribution in [0.3, 0.4) is 0 Å². The maximum Gasteiger partial charge on any atom is 2.00 e. The summed E-state index contributed by atoms with van der Waals surface area (Å²) in [7, 11) is 0. The van der Waals surface area contributed by atoms with Gasteiger partial charge < -0.3 is 38.7 Å². The van der Waals surface area contributed by atoms with Gasteiger partial charge in [-0.1, -0.05) is 56.4 Å². The molecule has 0 N–H and O–H groups in total. The van der Waals surface area contributed by atoms with Crippen molar-refractivity contribution in [1.82, 2.24) is 0 Å². The topological polar surface area (TPSA) is 0 Å². The van der Waals surface area contributed by atoms with Crippen LogP contribution in [-0.4, -0.2) is 0 Å². The first kappa shape index (κ1) is 33.3. The fraction of sp³-hybridized carbons (Fsp3) is 0.310. The zero-order valence-corrected chi connectivity index (χ0v) is 24.1. The van der Waals surface area contributed by atoms with Gasteiger partial charge in [-0.2, -0.15) is 25.0 Å². The van der Waals surface area contributed by atoms with Gasteiger partial charge in [0, 0.05) is 0 Å². The Morgan fingerprint density at radius 2 is 1.03 bits per heavy atom. The van der Waals surface area contributed by atoms with Crippen molar-refractivity contribution in [3.63, 3.8) is 0 Å². The number of halogens is 2. The molecule has 0 saturated heterocycles. The summed E-state index contributed by atoms with van der Waals surface area (Å²) in [5.41, 5.74) is 5.45. The van der Waals surface area contributed by atoms with Crippen molar-refractivity contribution < 1.29 is 51.0 Å². The number of hydrogen-bond acceptors (Lipinski definition) is 0. The van der Waals surface area contributed by atoms with E-state index in [1.165, 1.54) is 75.9 Å². The Morgan fingerprint density at radius 1 is 0.625 bits per heavy atom. The monoisotopic (exact) mass is 544 g/mol. The van der Waals surface area contributed by atoms with Gasteiger partial charge in [-0.3, -0.25) is 0 Å². The summed E-state index contributed by atoms with van der Waals surface area (Å²) >= 11 is 0. The maximum absolute atomic E-state index is 2.39. The van der Waals surface area contributed by atoms with E-state index in [1.807, 2.05) is 0 Å². The smallest absolute Gasteiger partial charge is 1.00 e. The van der Waals surface area contributed by atoms with Gasteiger partial charge in [-0.25, -0.2) is 0 Å². The van der Waals surface area contributed by atoms with Crippen LogP contribution in [0, 0.1) is 41.5 Å². The normalized spacial score (nSPS) is 11.9. The molecule has 0 radical (unpaired) electrons. The number of aryl methyl sites for hydroxylation is 4. The van der Waals surface area contributed by atoms with Crippen LogP contribution in [0.1, 0.15) is 54.4 Å². The van der Waals surface area contributed by atoms with E-state index in [0.717, 1.165) is 0 Å². The molecule has 174 valence electrons. The minimum atomic E-state index is 0. The molecule has 1 saturated carbocycles. The predicted molar refractivity (Wildman–Crippen MR) is 132 cm³/mol. The quantitative estimate of drug-likeness (QED) is 0.298. The van der Waals surface area contributed by atoms with Crippen LogP contribution in [0.2, 0.25) is 0 Å². The van der Waals surface area contributed by atoms with Crippen LogP contribution in [-0.2, 0) is 26.2 Å². The maximum atomic E-state index is 2.39. The van der Waals surface area contributed by atoms with Crippen molar-refractivity contribution in [3.8, 4) is 0 Å². The van der Waals surface area contributed by atoms with Crippen LogP contribution in [0.15, 0.2) is 60.7 Å². The molecule has 0 heterocycles. The molecule has 0 spiro atoms. The largest absolute Gasteiger partial charge is 2.00 e. The fourth-order valence-corrected chi connectivity index (χ4v) is 3.98. The molecule has 1 aliphatic carbocycles. The summed E-state index contributed by atoms with van der Waals surface area (Å²) in [5.74, 6) is 0. The summed E-state index contributed by atoms with van der Waals surface area (Å²) in [6, 6.07) is 21.8. The van der Waals surface area contributed by atoms with Gasteiger partial charge >= 0.3 is 26.2 Å². The molecule has 0 atom stereocenters. The van der Waals surface area contributed by atoms with Gasteiger partial charge in [0.05, 0.1) is 0 Å². The first-order chi connectivity index (χ1) is 13.5. The van der Waals surface area contributed by atoms with Crippen molar-refractivity contribution in [2.24, 2.45) is 0 Å². The van der Waals surface area contributed by atoms with E-state index in [-0.39, 0.29) is 58.4 Å². The molecule has 0 aliphatic heterocycles. The van der Waals surface area contributed by atoms with Crippen LogP contribution >= 0.6 is 0 Å². The molecular formula is C29H36Cl2Zr-4.